The van der Waals surface area contributed by atoms with Crippen molar-refractivity contribution < 1.29 is 9.47 Å². The molecular formula is C11H17ClN2O4. The molecule has 0 atom stereocenters. The standard InChI is InChI=1S/C11H17ClN2O4/c1-8-9(12)13-11(16)14(10(8)15)4-3-5-18-7-6-17-2/h3-7H2,1-2H3,(H,13,16). The molecule has 0 radical (unpaired) electrons. The highest BCUT2D eigenvalue weighted by atomic mass is 35.5. The van der Waals surface area contributed by atoms with E-state index < -0.39 is 5.69 Å². The molecule has 0 saturated heterocycles. The summed E-state index contributed by atoms with van der Waals surface area (Å²) >= 11 is 5.70. The molecule has 18 heavy (non-hydrogen) atoms. The lowest BCUT2D eigenvalue weighted by Gasteiger charge is -2.07. The van der Waals surface area contributed by atoms with Gasteiger partial charge < -0.3 is 9.47 Å². The number of aromatic nitrogens is 2. The average Bonchev–Trinajstić information content (AvgIpc) is 2.34. The quantitative estimate of drug-likeness (QED) is 0.583. The van der Waals surface area contributed by atoms with Gasteiger partial charge in [0.05, 0.1) is 13.2 Å². The Morgan fingerprint density at radius 1 is 1.28 bits per heavy atom. The molecule has 1 rings (SSSR count). The van der Waals surface area contributed by atoms with Gasteiger partial charge in [-0.3, -0.25) is 14.3 Å². The fraction of sp³-hybridized carbons (Fsp3) is 0.636. The van der Waals surface area contributed by atoms with Crippen LogP contribution in [0.1, 0.15) is 12.0 Å². The minimum Gasteiger partial charge on any atom is -0.382 e. The lowest BCUT2D eigenvalue weighted by Crippen LogP contribution is -2.36. The van der Waals surface area contributed by atoms with E-state index >= 15 is 0 Å². The van der Waals surface area contributed by atoms with E-state index in [1.807, 2.05) is 0 Å². The van der Waals surface area contributed by atoms with Crippen LogP contribution >= 0.6 is 11.6 Å². The number of aromatic amines is 1. The number of ether oxygens (including phenoxy) is 2. The van der Waals surface area contributed by atoms with Crippen molar-refractivity contribution in [3.8, 4) is 0 Å². The number of methoxy groups -OCH3 is 1. The van der Waals surface area contributed by atoms with E-state index in [4.69, 9.17) is 21.1 Å². The van der Waals surface area contributed by atoms with Crippen LogP contribution in [0.4, 0.5) is 0 Å². The maximum absolute atomic E-state index is 11.8. The molecule has 102 valence electrons. The molecule has 0 bridgehead atoms. The number of H-pyrrole nitrogens is 1. The summed E-state index contributed by atoms with van der Waals surface area (Å²) in [6, 6.07) is 0. The molecule has 0 saturated carbocycles. The van der Waals surface area contributed by atoms with Gasteiger partial charge in [0.15, 0.2) is 0 Å². The highest BCUT2D eigenvalue weighted by molar-refractivity contribution is 6.30. The minimum absolute atomic E-state index is 0.0950. The maximum Gasteiger partial charge on any atom is 0.329 e. The topological polar surface area (TPSA) is 73.3 Å². The van der Waals surface area contributed by atoms with Crippen molar-refractivity contribution in [3.63, 3.8) is 0 Å². The summed E-state index contributed by atoms with van der Waals surface area (Å²) in [6.45, 7) is 3.38. The molecule has 1 aromatic heterocycles. The van der Waals surface area contributed by atoms with Crippen molar-refractivity contribution in [2.75, 3.05) is 26.9 Å². The maximum atomic E-state index is 11.8. The van der Waals surface area contributed by atoms with E-state index in [-0.39, 0.29) is 10.7 Å². The summed E-state index contributed by atoms with van der Waals surface area (Å²) in [4.78, 5) is 25.7. The second-order valence-corrected chi connectivity index (χ2v) is 4.16. The summed E-state index contributed by atoms with van der Waals surface area (Å²) in [5.41, 5.74) is -0.510. The molecule has 1 N–H and O–H groups in total. The predicted molar refractivity (Wildman–Crippen MR) is 68.4 cm³/mol. The Morgan fingerprint density at radius 2 is 2.00 bits per heavy atom. The molecule has 0 amide bonds. The highest BCUT2D eigenvalue weighted by Crippen LogP contribution is 2.02. The van der Waals surface area contributed by atoms with Gasteiger partial charge in [0.25, 0.3) is 5.56 Å². The molecule has 0 spiro atoms. The molecule has 0 unspecified atom stereocenters. The van der Waals surface area contributed by atoms with Crippen LogP contribution in [0.5, 0.6) is 0 Å². The number of hydrogen-bond acceptors (Lipinski definition) is 4. The van der Waals surface area contributed by atoms with Crippen LogP contribution < -0.4 is 11.2 Å². The summed E-state index contributed by atoms with van der Waals surface area (Å²) < 4.78 is 11.2. The van der Waals surface area contributed by atoms with Crippen LogP contribution in [0.15, 0.2) is 9.59 Å². The van der Waals surface area contributed by atoms with Crippen molar-refractivity contribution in [3.05, 3.63) is 31.6 Å². The fourth-order valence-electron chi connectivity index (χ4n) is 1.42. The van der Waals surface area contributed by atoms with Crippen LogP contribution in [0.2, 0.25) is 5.15 Å². The second kappa shape index (κ2) is 7.35. The molecule has 0 aliphatic heterocycles. The zero-order valence-electron chi connectivity index (χ0n) is 10.5. The molecule has 0 aliphatic carbocycles. The number of rotatable bonds is 7. The van der Waals surface area contributed by atoms with Gasteiger partial charge in [-0.05, 0) is 13.3 Å². The van der Waals surface area contributed by atoms with Crippen molar-refractivity contribution in [2.45, 2.75) is 19.9 Å². The Balaban J connectivity index is 2.56. The van der Waals surface area contributed by atoms with Gasteiger partial charge in [0.2, 0.25) is 0 Å². The van der Waals surface area contributed by atoms with Crippen molar-refractivity contribution >= 4 is 11.6 Å². The summed E-state index contributed by atoms with van der Waals surface area (Å²) in [6.07, 6.45) is 0.577. The lowest BCUT2D eigenvalue weighted by atomic mass is 10.3. The number of halogens is 1. The summed E-state index contributed by atoms with van der Waals surface area (Å²) in [5, 5.41) is 0.0950. The summed E-state index contributed by atoms with van der Waals surface area (Å²) in [5.74, 6) is 0. The zero-order chi connectivity index (χ0) is 13.5. The third-order valence-corrected chi connectivity index (χ3v) is 2.84. The first-order valence-electron chi connectivity index (χ1n) is 5.63. The van der Waals surface area contributed by atoms with E-state index in [1.54, 1.807) is 14.0 Å². The Labute approximate surface area is 109 Å². The predicted octanol–water partition coefficient (Wildman–Crippen LogP) is 0.552. The number of nitrogens with zero attached hydrogens (tertiary/aromatic N) is 1. The van der Waals surface area contributed by atoms with E-state index in [9.17, 15) is 9.59 Å². The first-order valence-corrected chi connectivity index (χ1v) is 6.01. The van der Waals surface area contributed by atoms with Crippen LogP contribution in [0.25, 0.3) is 0 Å². The van der Waals surface area contributed by atoms with Gasteiger partial charge in [-0.25, -0.2) is 4.79 Å². The third-order valence-electron chi connectivity index (χ3n) is 2.46. The lowest BCUT2D eigenvalue weighted by molar-refractivity contribution is 0.0678. The second-order valence-electron chi connectivity index (χ2n) is 3.78. The van der Waals surface area contributed by atoms with Crippen molar-refractivity contribution in [1.82, 2.24) is 9.55 Å². The Hall–Kier alpha value is -1.11. The van der Waals surface area contributed by atoms with Crippen LogP contribution in [0.3, 0.4) is 0 Å². The largest absolute Gasteiger partial charge is 0.382 e. The average molecular weight is 277 g/mol. The molecule has 0 aromatic carbocycles. The van der Waals surface area contributed by atoms with E-state index in [0.717, 1.165) is 4.57 Å². The van der Waals surface area contributed by atoms with E-state index in [2.05, 4.69) is 4.98 Å². The summed E-state index contributed by atoms with van der Waals surface area (Å²) in [7, 11) is 1.60. The SMILES string of the molecule is COCCOCCCn1c(=O)[nH]c(Cl)c(C)c1=O. The zero-order valence-corrected chi connectivity index (χ0v) is 11.2. The Kier molecular flexibility index (Phi) is 6.11. The molecule has 1 heterocycles. The van der Waals surface area contributed by atoms with Crippen molar-refractivity contribution in [1.29, 1.82) is 0 Å². The van der Waals surface area contributed by atoms with Gasteiger partial charge in [-0.2, -0.15) is 0 Å². The first-order chi connectivity index (χ1) is 8.57. The van der Waals surface area contributed by atoms with Gasteiger partial charge in [-0.1, -0.05) is 11.6 Å². The van der Waals surface area contributed by atoms with Gasteiger partial charge in [0, 0.05) is 25.8 Å². The molecule has 6 nitrogen and oxygen atoms in total. The first kappa shape index (κ1) is 14.9. The van der Waals surface area contributed by atoms with Crippen LogP contribution in [-0.2, 0) is 16.0 Å². The van der Waals surface area contributed by atoms with E-state index in [0.29, 0.717) is 38.3 Å². The van der Waals surface area contributed by atoms with Crippen LogP contribution in [-0.4, -0.2) is 36.5 Å². The van der Waals surface area contributed by atoms with E-state index in [1.165, 1.54) is 0 Å². The fourth-order valence-corrected chi connectivity index (χ4v) is 1.58. The number of nitrogens with one attached hydrogen (secondary N) is 1. The monoisotopic (exact) mass is 276 g/mol. The molecule has 1 aromatic rings. The third kappa shape index (κ3) is 3.97. The molecular weight excluding hydrogens is 260 g/mol. The van der Waals surface area contributed by atoms with Gasteiger partial charge in [0.1, 0.15) is 5.15 Å². The smallest absolute Gasteiger partial charge is 0.329 e. The van der Waals surface area contributed by atoms with Gasteiger partial charge in [-0.15, -0.1) is 0 Å². The normalized spacial score (nSPS) is 10.8. The highest BCUT2D eigenvalue weighted by Gasteiger charge is 2.08. The minimum atomic E-state index is -0.493. The molecule has 0 aliphatic rings. The Bertz CT molecular complexity index is 495. The molecule has 7 heteroatoms. The number of hydrogen-bond donors (Lipinski definition) is 1. The van der Waals surface area contributed by atoms with Gasteiger partial charge >= 0.3 is 5.69 Å². The molecule has 0 fully saturated rings. The van der Waals surface area contributed by atoms with Crippen LogP contribution in [0, 0.1) is 6.92 Å². The Morgan fingerprint density at radius 3 is 2.67 bits per heavy atom. The van der Waals surface area contributed by atoms with Crippen molar-refractivity contribution in [2.24, 2.45) is 0 Å².